The molecule has 2 rings (SSSR count). The number of carbonyl (C=O) groups is 1. The summed E-state index contributed by atoms with van der Waals surface area (Å²) >= 11 is 3.06. The Balaban J connectivity index is 1.88. The monoisotopic (exact) mass is 374 g/mol. The van der Waals surface area contributed by atoms with Crippen molar-refractivity contribution in [1.29, 1.82) is 0 Å². The average molecular weight is 375 g/mol. The van der Waals surface area contributed by atoms with Crippen molar-refractivity contribution in [1.82, 2.24) is 9.80 Å². The minimum absolute atomic E-state index is 0.202. The molecule has 1 aliphatic rings. The lowest BCUT2D eigenvalue weighted by atomic mass is 10.2. The highest BCUT2D eigenvalue weighted by atomic mass is 79.9. The molecule has 1 N–H and O–H groups in total. The number of nitrogens with zero attached hydrogens (tertiary/aromatic N) is 2. The summed E-state index contributed by atoms with van der Waals surface area (Å²) in [5.41, 5.74) is 0.266. The van der Waals surface area contributed by atoms with E-state index in [2.05, 4.69) is 20.8 Å². The summed E-state index contributed by atoms with van der Waals surface area (Å²) in [4.78, 5) is 15.7. The maximum absolute atomic E-state index is 13.5. The minimum atomic E-state index is -0.646. The maximum Gasteiger partial charge on any atom is 0.253 e. The first-order valence-electron chi connectivity index (χ1n) is 7.16. The predicted octanol–water partition coefficient (Wildman–Crippen LogP) is 1.35. The van der Waals surface area contributed by atoms with Gasteiger partial charge in [0.2, 0.25) is 0 Å². The summed E-state index contributed by atoms with van der Waals surface area (Å²) in [5, 5.41) is 10.1. The molecule has 122 valence electrons. The number of hydrogen-bond acceptors (Lipinski definition) is 4. The van der Waals surface area contributed by atoms with Gasteiger partial charge in [-0.1, -0.05) is 0 Å². The van der Waals surface area contributed by atoms with E-state index >= 15 is 0 Å². The Labute approximate surface area is 137 Å². The van der Waals surface area contributed by atoms with Gasteiger partial charge in [0.1, 0.15) is 5.82 Å². The second kappa shape index (κ2) is 8.01. The van der Waals surface area contributed by atoms with Crippen molar-refractivity contribution in [2.75, 3.05) is 46.4 Å². The van der Waals surface area contributed by atoms with Gasteiger partial charge in [0, 0.05) is 38.8 Å². The largest absolute Gasteiger partial charge is 0.390 e. The van der Waals surface area contributed by atoms with Crippen molar-refractivity contribution >= 4 is 21.8 Å². The van der Waals surface area contributed by atoms with Gasteiger partial charge in [0.25, 0.3) is 5.91 Å². The molecule has 0 aromatic heterocycles. The van der Waals surface area contributed by atoms with Crippen molar-refractivity contribution < 1.29 is 19.0 Å². The third-order valence-corrected chi connectivity index (χ3v) is 4.21. The van der Waals surface area contributed by atoms with Crippen LogP contribution in [0.15, 0.2) is 22.7 Å². The predicted molar refractivity (Wildman–Crippen MR) is 84.3 cm³/mol. The number of β-amino-alcohol motifs (C(OH)–C–C–N with tert-alkyl or cyclic N) is 1. The maximum atomic E-state index is 13.5. The zero-order valence-corrected chi connectivity index (χ0v) is 14.1. The fraction of sp³-hybridized carbons (Fsp3) is 0.533. The van der Waals surface area contributed by atoms with Crippen LogP contribution < -0.4 is 0 Å². The SMILES string of the molecule is CN(C[C@H](O)CN1CCOCC1)C(=O)c1ccc(Br)c(F)c1. The lowest BCUT2D eigenvalue weighted by molar-refractivity contribution is 0.00878. The highest BCUT2D eigenvalue weighted by molar-refractivity contribution is 9.10. The zero-order valence-electron chi connectivity index (χ0n) is 12.5. The second-order valence-electron chi connectivity index (χ2n) is 5.38. The topological polar surface area (TPSA) is 53.0 Å². The Hall–Kier alpha value is -1.02. The van der Waals surface area contributed by atoms with Crippen LogP contribution in [0.4, 0.5) is 4.39 Å². The van der Waals surface area contributed by atoms with E-state index in [0.717, 1.165) is 13.1 Å². The molecule has 1 fully saturated rings. The lowest BCUT2D eigenvalue weighted by Crippen LogP contribution is -2.45. The van der Waals surface area contributed by atoms with E-state index in [-0.39, 0.29) is 18.0 Å². The molecule has 1 aromatic carbocycles. The number of likely N-dealkylation sites (N-methyl/N-ethyl adjacent to an activating group) is 1. The van der Waals surface area contributed by atoms with Gasteiger partial charge in [-0.15, -0.1) is 0 Å². The molecule has 1 aliphatic heterocycles. The highest BCUT2D eigenvalue weighted by Gasteiger charge is 2.19. The van der Waals surface area contributed by atoms with E-state index in [1.54, 1.807) is 13.1 Å². The molecular formula is C15H20BrFN2O3. The number of ether oxygens (including phenoxy) is 1. The molecule has 0 saturated carbocycles. The highest BCUT2D eigenvalue weighted by Crippen LogP contribution is 2.17. The van der Waals surface area contributed by atoms with E-state index in [4.69, 9.17) is 4.74 Å². The third kappa shape index (κ3) is 4.74. The zero-order chi connectivity index (χ0) is 16.1. The number of amides is 1. The lowest BCUT2D eigenvalue weighted by Gasteiger charge is -2.30. The normalized spacial score (nSPS) is 17.3. The number of rotatable bonds is 5. The number of morpholine rings is 1. The van der Waals surface area contributed by atoms with Crippen molar-refractivity contribution in [2.24, 2.45) is 0 Å². The minimum Gasteiger partial charge on any atom is -0.390 e. The third-order valence-electron chi connectivity index (χ3n) is 3.57. The molecule has 1 heterocycles. The van der Waals surface area contributed by atoms with Crippen LogP contribution in [0.2, 0.25) is 0 Å². The van der Waals surface area contributed by atoms with Gasteiger partial charge in [-0.2, -0.15) is 0 Å². The van der Waals surface area contributed by atoms with E-state index in [0.29, 0.717) is 24.2 Å². The molecule has 7 heteroatoms. The quantitative estimate of drug-likeness (QED) is 0.845. The van der Waals surface area contributed by atoms with E-state index < -0.39 is 11.9 Å². The van der Waals surface area contributed by atoms with Gasteiger partial charge in [0.05, 0.1) is 23.8 Å². The van der Waals surface area contributed by atoms with E-state index in [1.807, 2.05) is 0 Å². The van der Waals surface area contributed by atoms with Gasteiger partial charge in [0.15, 0.2) is 0 Å². The second-order valence-corrected chi connectivity index (χ2v) is 6.24. The molecule has 1 atom stereocenters. The first-order valence-corrected chi connectivity index (χ1v) is 7.95. The summed E-state index contributed by atoms with van der Waals surface area (Å²) < 4.78 is 19.1. The van der Waals surface area contributed by atoms with Gasteiger partial charge in [-0.05, 0) is 34.1 Å². The summed E-state index contributed by atoms with van der Waals surface area (Å²) in [7, 11) is 1.60. The summed E-state index contributed by atoms with van der Waals surface area (Å²) in [6.45, 7) is 3.60. The Morgan fingerprint density at radius 3 is 2.82 bits per heavy atom. The Morgan fingerprint density at radius 2 is 2.18 bits per heavy atom. The van der Waals surface area contributed by atoms with Crippen LogP contribution in [0.25, 0.3) is 0 Å². The molecule has 0 spiro atoms. The summed E-state index contributed by atoms with van der Waals surface area (Å²) in [6.07, 6.45) is -0.646. The van der Waals surface area contributed by atoms with Crippen LogP contribution in [0, 0.1) is 5.82 Å². The molecule has 1 saturated heterocycles. The van der Waals surface area contributed by atoms with Crippen molar-refractivity contribution in [2.45, 2.75) is 6.10 Å². The van der Waals surface area contributed by atoms with Gasteiger partial charge in [-0.25, -0.2) is 4.39 Å². The van der Waals surface area contributed by atoms with Crippen LogP contribution in [-0.2, 0) is 4.74 Å². The standard InChI is InChI=1S/C15H20BrFN2O3/c1-18(9-12(20)10-19-4-6-22-7-5-19)15(21)11-2-3-13(16)14(17)8-11/h2-3,8,12,20H,4-7,9-10H2,1H3/t12-/m0/s1. The van der Waals surface area contributed by atoms with Crippen LogP contribution in [0.3, 0.4) is 0 Å². The first-order chi connectivity index (χ1) is 10.5. The van der Waals surface area contributed by atoms with Crippen molar-refractivity contribution in [3.8, 4) is 0 Å². The van der Waals surface area contributed by atoms with Gasteiger partial charge in [-0.3, -0.25) is 9.69 Å². The first kappa shape index (κ1) is 17.3. The number of benzene rings is 1. The molecule has 0 radical (unpaired) electrons. The summed E-state index contributed by atoms with van der Waals surface area (Å²) in [5.74, 6) is -0.791. The number of aliphatic hydroxyl groups excluding tert-OH is 1. The van der Waals surface area contributed by atoms with Crippen LogP contribution in [0.5, 0.6) is 0 Å². The smallest absolute Gasteiger partial charge is 0.253 e. The Morgan fingerprint density at radius 1 is 1.50 bits per heavy atom. The fourth-order valence-corrected chi connectivity index (χ4v) is 2.63. The Bertz CT molecular complexity index is 524. The van der Waals surface area contributed by atoms with Crippen molar-refractivity contribution in [3.63, 3.8) is 0 Å². The molecule has 1 amide bonds. The molecule has 0 aliphatic carbocycles. The molecular weight excluding hydrogens is 355 g/mol. The molecule has 0 bridgehead atoms. The van der Waals surface area contributed by atoms with Gasteiger partial charge < -0.3 is 14.7 Å². The molecule has 0 unspecified atom stereocenters. The van der Waals surface area contributed by atoms with Crippen LogP contribution in [0.1, 0.15) is 10.4 Å². The molecule has 5 nitrogen and oxygen atoms in total. The number of carbonyl (C=O) groups excluding carboxylic acids is 1. The summed E-state index contributed by atoms with van der Waals surface area (Å²) in [6, 6.07) is 4.25. The number of hydrogen-bond donors (Lipinski definition) is 1. The number of aliphatic hydroxyl groups is 1. The van der Waals surface area contributed by atoms with Crippen molar-refractivity contribution in [3.05, 3.63) is 34.1 Å². The van der Waals surface area contributed by atoms with E-state index in [9.17, 15) is 14.3 Å². The van der Waals surface area contributed by atoms with Crippen LogP contribution >= 0.6 is 15.9 Å². The van der Waals surface area contributed by atoms with E-state index in [1.165, 1.54) is 17.0 Å². The van der Waals surface area contributed by atoms with Crippen LogP contribution in [-0.4, -0.2) is 73.4 Å². The Kier molecular flexibility index (Phi) is 6.31. The van der Waals surface area contributed by atoms with Gasteiger partial charge >= 0.3 is 0 Å². The molecule has 22 heavy (non-hydrogen) atoms. The number of halogens is 2. The molecule has 1 aromatic rings. The fourth-order valence-electron chi connectivity index (χ4n) is 2.39. The average Bonchev–Trinajstić information content (AvgIpc) is 2.50.